The van der Waals surface area contributed by atoms with Crippen molar-refractivity contribution in [3.05, 3.63) is 71.9 Å². The van der Waals surface area contributed by atoms with Gasteiger partial charge in [-0.25, -0.2) is 4.39 Å². The molecule has 3 N–H and O–H groups in total. The van der Waals surface area contributed by atoms with Crippen molar-refractivity contribution in [3.8, 4) is 11.1 Å². The summed E-state index contributed by atoms with van der Waals surface area (Å²) in [5.74, 6) is -0.198. The predicted octanol–water partition coefficient (Wildman–Crippen LogP) is 3.99. The molecular weight excluding hydrogens is 319 g/mol. The lowest BCUT2D eigenvalue weighted by molar-refractivity contribution is 0.409. The molecule has 0 aliphatic heterocycles. The number of benzene rings is 2. The number of guanidine groups is 1. The number of aromatic nitrogens is 1. The quantitative estimate of drug-likeness (QED) is 0.557. The van der Waals surface area contributed by atoms with E-state index in [-0.39, 0.29) is 17.7 Å². The lowest BCUT2D eigenvalue weighted by atomic mass is 9.94. The molecule has 1 unspecified atom stereocenters. The van der Waals surface area contributed by atoms with Gasteiger partial charge in [-0.05, 0) is 17.2 Å². The Morgan fingerprint density at radius 1 is 1.24 bits per heavy atom. The van der Waals surface area contributed by atoms with E-state index in [2.05, 4.69) is 15.5 Å². The highest BCUT2D eigenvalue weighted by Crippen LogP contribution is 2.32. The Morgan fingerprint density at radius 2 is 2.00 bits per heavy atom. The maximum Gasteiger partial charge on any atom is 0.192 e. The van der Waals surface area contributed by atoms with Gasteiger partial charge in [0.15, 0.2) is 5.96 Å². The van der Waals surface area contributed by atoms with Gasteiger partial charge in [-0.3, -0.25) is 4.99 Å². The van der Waals surface area contributed by atoms with Crippen molar-refractivity contribution >= 4 is 11.6 Å². The SMILES string of the molecule is CN=C(N)Nc1conc1C(C)c1ccc(-c2ccccc2)c(F)c1. The number of aliphatic imine (C=N–C) groups is 1. The minimum absolute atomic E-state index is 0.176. The van der Waals surface area contributed by atoms with Gasteiger partial charge in [0.25, 0.3) is 0 Å². The highest BCUT2D eigenvalue weighted by Gasteiger charge is 2.19. The first-order valence-electron chi connectivity index (χ1n) is 7.88. The summed E-state index contributed by atoms with van der Waals surface area (Å²) in [5, 5.41) is 6.94. The van der Waals surface area contributed by atoms with Gasteiger partial charge in [-0.2, -0.15) is 0 Å². The molecule has 0 aliphatic carbocycles. The molecule has 3 aromatic rings. The summed E-state index contributed by atoms with van der Waals surface area (Å²) in [4.78, 5) is 3.85. The molecule has 25 heavy (non-hydrogen) atoms. The summed E-state index contributed by atoms with van der Waals surface area (Å²) in [6, 6.07) is 14.7. The molecule has 0 spiro atoms. The number of halogens is 1. The van der Waals surface area contributed by atoms with Crippen LogP contribution < -0.4 is 11.1 Å². The Bertz CT molecular complexity index is 889. The number of nitrogens with zero attached hydrogens (tertiary/aromatic N) is 2. The van der Waals surface area contributed by atoms with Gasteiger partial charge in [-0.15, -0.1) is 0 Å². The van der Waals surface area contributed by atoms with Crippen molar-refractivity contribution in [1.82, 2.24) is 5.16 Å². The fourth-order valence-electron chi connectivity index (χ4n) is 2.66. The third-order valence-electron chi connectivity index (χ3n) is 4.09. The Balaban J connectivity index is 1.90. The molecule has 2 aromatic carbocycles. The fraction of sp³-hybridized carbons (Fsp3) is 0.158. The Labute approximate surface area is 145 Å². The van der Waals surface area contributed by atoms with Crippen LogP contribution in [0.1, 0.15) is 24.1 Å². The summed E-state index contributed by atoms with van der Waals surface area (Å²) in [7, 11) is 1.58. The molecule has 0 saturated heterocycles. The van der Waals surface area contributed by atoms with Gasteiger partial charge in [0.2, 0.25) is 0 Å². The second-order valence-corrected chi connectivity index (χ2v) is 5.67. The molecule has 1 atom stereocenters. The summed E-state index contributed by atoms with van der Waals surface area (Å²) < 4.78 is 19.6. The van der Waals surface area contributed by atoms with Crippen LogP contribution in [-0.4, -0.2) is 18.2 Å². The lowest BCUT2D eigenvalue weighted by Gasteiger charge is -2.13. The lowest BCUT2D eigenvalue weighted by Crippen LogP contribution is -2.22. The average molecular weight is 338 g/mol. The van der Waals surface area contributed by atoms with Crippen molar-refractivity contribution < 1.29 is 8.91 Å². The second kappa shape index (κ2) is 7.17. The summed E-state index contributed by atoms with van der Waals surface area (Å²) in [5.41, 5.74) is 9.14. The van der Waals surface area contributed by atoms with E-state index < -0.39 is 0 Å². The van der Waals surface area contributed by atoms with E-state index in [1.807, 2.05) is 43.3 Å². The van der Waals surface area contributed by atoms with Crippen LogP contribution in [0.4, 0.5) is 10.1 Å². The largest absolute Gasteiger partial charge is 0.370 e. The maximum atomic E-state index is 14.6. The summed E-state index contributed by atoms with van der Waals surface area (Å²) in [6.07, 6.45) is 1.46. The zero-order chi connectivity index (χ0) is 17.8. The van der Waals surface area contributed by atoms with Gasteiger partial charge >= 0.3 is 0 Å². The predicted molar refractivity (Wildman–Crippen MR) is 97.0 cm³/mol. The summed E-state index contributed by atoms with van der Waals surface area (Å²) >= 11 is 0. The number of rotatable bonds is 4. The molecule has 0 amide bonds. The molecule has 0 aliphatic rings. The fourth-order valence-corrected chi connectivity index (χ4v) is 2.66. The van der Waals surface area contributed by atoms with E-state index in [4.69, 9.17) is 10.3 Å². The highest BCUT2D eigenvalue weighted by molar-refractivity contribution is 5.92. The van der Waals surface area contributed by atoms with Crippen LogP contribution in [0.25, 0.3) is 11.1 Å². The van der Waals surface area contributed by atoms with Gasteiger partial charge in [-0.1, -0.05) is 54.5 Å². The molecule has 0 bridgehead atoms. The van der Waals surface area contributed by atoms with Crippen LogP contribution >= 0.6 is 0 Å². The number of nitrogens with one attached hydrogen (secondary N) is 1. The standard InChI is InChI=1S/C19H19FN4O/c1-12(18-17(11-25-24-18)23-19(21)22-2)14-8-9-15(16(20)10-14)13-6-4-3-5-7-13/h3-12H,1-2H3,(H3,21,22,23). The van der Waals surface area contributed by atoms with E-state index in [9.17, 15) is 4.39 Å². The third kappa shape index (κ3) is 3.52. The van der Waals surface area contributed by atoms with Crippen LogP contribution in [0.15, 0.2) is 64.3 Å². The molecule has 6 heteroatoms. The van der Waals surface area contributed by atoms with Crippen LogP contribution in [0.3, 0.4) is 0 Å². The first kappa shape index (κ1) is 16.7. The Morgan fingerprint density at radius 3 is 2.68 bits per heavy atom. The Kier molecular flexibility index (Phi) is 4.79. The van der Waals surface area contributed by atoms with Gasteiger partial charge in [0.05, 0.1) is 0 Å². The minimum Gasteiger partial charge on any atom is -0.370 e. The molecule has 0 fully saturated rings. The second-order valence-electron chi connectivity index (χ2n) is 5.67. The minimum atomic E-state index is -0.275. The van der Waals surface area contributed by atoms with E-state index in [0.717, 1.165) is 11.1 Å². The zero-order valence-electron chi connectivity index (χ0n) is 14.0. The van der Waals surface area contributed by atoms with E-state index >= 15 is 0 Å². The van der Waals surface area contributed by atoms with Crippen LogP contribution in [0.5, 0.6) is 0 Å². The Hall–Kier alpha value is -3.15. The topological polar surface area (TPSA) is 76.4 Å². The highest BCUT2D eigenvalue weighted by atomic mass is 19.1. The van der Waals surface area contributed by atoms with E-state index in [1.54, 1.807) is 13.1 Å². The molecule has 3 rings (SSSR count). The number of anilines is 1. The smallest absolute Gasteiger partial charge is 0.192 e. The summed E-state index contributed by atoms with van der Waals surface area (Å²) in [6.45, 7) is 1.93. The van der Waals surface area contributed by atoms with Crippen molar-refractivity contribution in [1.29, 1.82) is 0 Å². The normalized spacial score (nSPS) is 12.8. The molecule has 0 saturated carbocycles. The van der Waals surface area contributed by atoms with Crippen molar-refractivity contribution in [2.75, 3.05) is 12.4 Å². The number of nitrogens with two attached hydrogens (primary N) is 1. The third-order valence-corrected chi connectivity index (χ3v) is 4.09. The number of hydrogen-bond donors (Lipinski definition) is 2. The average Bonchev–Trinajstić information content (AvgIpc) is 3.09. The molecule has 1 aromatic heterocycles. The monoisotopic (exact) mass is 338 g/mol. The first-order chi connectivity index (χ1) is 12.1. The molecular formula is C19H19FN4O. The van der Waals surface area contributed by atoms with Crippen molar-refractivity contribution in [3.63, 3.8) is 0 Å². The van der Waals surface area contributed by atoms with E-state index in [0.29, 0.717) is 16.9 Å². The van der Waals surface area contributed by atoms with Gasteiger partial charge in [0.1, 0.15) is 23.5 Å². The molecule has 1 heterocycles. The molecule has 0 radical (unpaired) electrons. The van der Waals surface area contributed by atoms with Gasteiger partial charge in [0, 0.05) is 18.5 Å². The van der Waals surface area contributed by atoms with Crippen LogP contribution in [-0.2, 0) is 0 Å². The van der Waals surface area contributed by atoms with E-state index in [1.165, 1.54) is 12.3 Å². The van der Waals surface area contributed by atoms with Crippen LogP contribution in [0, 0.1) is 5.82 Å². The maximum absolute atomic E-state index is 14.6. The van der Waals surface area contributed by atoms with Crippen molar-refractivity contribution in [2.45, 2.75) is 12.8 Å². The molecule has 128 valence electrons. The zero-order valence-corrected chi connectivity index (χ0v) is 14.0. The molecule has 5 nitrogen and oxygen atoms in total. The number of hydrogen-bond acceptors (Lipinski definition) is 3. The van der Waals surface area contributed by atoms with Gasteiger partial charge < -0.3 is 15.6 Å². The first-order valence-corrected chi connectivity index (χ1v) is 7.88. The van der Waals surface area contributed by atoms with Crippen molar-refractivity contribution in [2.24, 2.45) is 10.7 Å². The van der Waals surface area contributed by atoms with Crippen LogP contribution in [0.2, 0.25) is 0 Å².